The number of fused-ring (bicyclic) bond motifs is 1. The van der Waals surface area contributed by atoms with E-state index in [1.165, 1.54) is 12.1 Å². The van der Waals surface area contributed by atoms with Crippen LogP contribution in [0.3, 0.4) is 0 Å². The Morgan fingerprint density at radius 1 is 1.04 bits per heavy atom. The van der Waals surface area contributed by atoms with Gasteiger partial charge in [0.1, 0.15) is 0 Å². The Balaban J connectivity index is 1.74. The first-order valence-electron chi connectivity index (χ1n) is 8.84. The van der Waals surface area contributed by atoms with Crippen LogP contribution in [0.25, 0.3) is 0 Å². The lowest BCUT2D eigenvalue weighted by Crippen LogP contribution is -2.28. The molecule has 4 rings (SSSR count). The van der Waals surface area contributed by atoms with E-state index in [0.29, 0.717) is 17.1 Å². The smallest absolute Gasteiger partial charge is 0.269 e. The maximum atomic E-state index is 13.1. The molecule has 1 unspecified atom stereocenters. The molecule has 0 N–H and O–H groups in total. The fourth-order valence-corrected chi connectivity index (χ4v) is 3.76. The van der Waals surface area contributed by atoms with Crippen LogP contribution in [-0.2, 0) is 6.54 Å². The molecular formula is C22H17ClN2O3. The zero-order valence-electron chi connectivity index (χ0n) is 15.1. The number of nitrogens with zero attached hydrogens (tertiary/aromatic N) is 2. The highest BCUT2D eigenvalue weighted by Gasteiger charge is 2.37. The minimum atomic E-state index is -0.431. The van der Waals surface area contributed by atoms with Gasteiger partial charge in [-0.05, 0) is 41.8 Å². The van der Waals surface area contributed by atoms with Crippen LogP contribution in [0.1, 0.15) is 38.7 Å². The number of aryl methyl sites for hydroxylation is 1. The van der Waals surface area contributed by atoms with E-state index >= 15 is 0 Å². The highest BCUT2D eigenvalue weighted by Crippen LogP contribution is 2.40. The zero-order chi connectivity index (χ0) is 19.8. The van der Waals surface area contributed by atoms with Crippen LogP contribution >= 0.6 is 11.6 Å². The molecule has 3 aromatic carbocycles. The van der Waals surface area contributed by atoms with Crippen LogP contribution in [0.4, 0.5) is 5.69 Å². The number of halogens is 1. The van der Waals surface area contributed by atoms with Crippen molar-refractivity contribution in [2.24, 2.45) is 0 Å². The molecule has 0 aromatic heterocycles. The summed E-state index contributed by atoms with van der Waals surface area (Å²) in [5.41, 5.74) is 4.58. The molecular weight excluding hydrogens is 376 g/mol. The molecule has 1 amide bonds. The maximum absolute atomic E-state index is 13.1. The van der Waals surface area contributed by atoms with Gasteiger partial charge in [0.15, 0.2) is 0 Å². The van der Waals surface area contributed by atoms with Crippen LogP contribution in [-0.4, -0.2) is 15.7 Å². The van der Waals surface area contributed by atoms with Crippen molar-refractivity contribution in [1.82, 2.24) is 4.90 Å². The summed E-state index contributed by atoms with van der Waals surface area (Å²) in [4.78, 5) is 25.4. The van der Waals surface area contributed by atoms with Gasteiger partial charge in [0, 0.05) is 29.3 Å². The molecule has 6 heteroatoms. The first kappa shape index (κ1) is 18.2. The molecule has 0 radical (unpaired) electrons. The molecule has 0 aliphatic carbocycles. The van der Waals surface area contributed by atoms with Gasteiger partial charge in [-0.2, -0.15) is 0 Å². The summed E-state index contributed by atoms with van der Waals surface area (Å²) in [6, 6.07) is 19.4. The average molecular weight is 393 g/mol. The third-order valence-corrected chi connectivity index (χ3v) is 5.24. The third-order valence-electron chi connectivity index (χ3n) is 4.99. The summed E-state index contributed by atoms with van der Waals surface area (Å²) < 4.78 is 0. The molecule has 0 saturated heterocycles. The Labute approximate surface area is 167 Å². The third kappa shape index (κ3) is 3.25. The number of hydrogen-bond donors (Lipinski definition) is 0. The van der Waals surface area contributed by atoms with E-state index in [0.717, 1.165) is 22.3 Å². The van der Waals surface area contributed by atoms with Gasteiger partial charge in [-0.1, -0.05) is 53.6 Å². The summed E-state index contributed by atoms with van der Waals surface area (Å²) in [6.45, 7) is 2.36. The van der Waals surface area contributed by atoms with Gasteiger partial charge in [-0.3, -0.25) is 14.9 Å². The second-order valence-electron chi connectivity index (χ2n) is 6.90. The summed E-state index contributed by atoms with van der Waals surface area (Å²) >= 11 is 6.04. The van der Waals surface area contributed by atoms with Gasteiger partial charge >= 0.3 is 0 Å². The Hall–Kier alpha value is -3.18. The Bertz CT molecular complexity index is 1060. The molecule has 28 heavy (non-hydrogen) atoms. The minimum Gasteiger partial charge on any atom is -0.323 e. The molecule has 0 saturated carbocycles. The molecule has 1 heterocycles. The van der Waals surface area contributed by atoms with Gasteiger partial charge in [-0.25, -0.2) is 0 Å². The van der Waals surface area contributed by atoms with Crippen molar-refractivity contribution < 1.29 is 9.72 Å². The van der Waals surface area contributed by atoms with E-state index in [2.05, 4.69) is 0 Å². The SMILES string of the molecule is Cc1ccc2c(c1)C(c1ccc(Cl)cc1)N(Cc1ccc([N+](=O)[O-])cc1)C2=O. The van der Waals surface area contributed by atoms with Gasteiger partial charge in [0.05, 0.1) is 11.0 Å². The highest BCUT2D eigenvalue weighted by atomic mass is 35.5. The minimum absolute atomic E-state index is 0.0321. The number of carbonyl (C=O) groups is 1. The van der Waals surface area contributed by atoms with E-state index in [1.807, 2.05) is 49.4 Å². The van der Waals surface area contributed by atoms with E-state index in [9.17, 15) is 14.9 Å². The fraction of sp³-hybridized carbons (Fsp3) is 0.136. The van der Waals surface area contributed by atoms with Gasteiger partial charge in [0.25, 0.3) is 11.6 Å². The van der Waals surface area contributed by atoms with E-state index < -0.39 is 4.92 Å². The molecule has 0 spiro atoms. The van der Waals surface area contributed by atoms with Crippen LogP contribution < -0.4 is 0 Å². The molecule has 1 atom stereocenters. The van der Waals surface area contributed by atoms with Crippen molar-refractivity contribution in [3.8, 4) is 0 Å². The normalized spacial score (nSPS) is 15.6. The Morgan fingerprint density at radius 2 is 1.71 bits per heavy atom. The van der Waals surface area contributed by atoms with Crippen molar-refractivity contribution in [2.45, 2.75) is 19.5 Å². The number of rotatable bonds is 4. The zero-order valence-corrected chi connectivity index (χ0v) is 15.9. The maximum Gasteiger partial charge on any atom is 0.269 e. The van der Waals surface area contributed by atoms with Crippen molar-refractivity contribution in [3.63, 3.8) is 0 Å². The van der Waals surface area contributed by atoms with Crippen LogP contribution in [0.2, 0.25) is 5.02 Å². The largest absolute Gasteiger partial charge is 0.323 e. The summed E-state index contributed by atoms with van der Waals surface area (Å²) in [7, 11) is 0. The quantitative estimate of drug-likeness (QED) is 0.447. The van der Waals surface area contributed by atoms with Gasteiger partial charge in [-0.15, -0.1) is 0 Å². The topological polar surface area (TPSA) is 63.4 Å². The van der Waals surface area contributed by atoms with E-state index in [4.69, 9.17) is 11.6 Å². The lowest BCUT2D eigenvalue weighted by Gasteiger charge is -2.26. The predicted octanol–water partition coefficient (Wildman–Crippen LogP) is 5.30. The van der Waals surface area contributed by atoms with Crippen molar-refractivity contribution in [1.29, 1.82) is 0 Å². The number of benzene rings is 3. The van der Waals surface area contributed by atoms with Crippen molar-refractivity contribution >= 4 is 23.2 Å². The predicted molar refractivity (Wildman–Crippen MR) is 107 cm³/mol. The van der Waals surface area contributed by atoms with Crippen molar-refractivity contribution in [2.75, 3.05) is 0 Å². The molecule has 1 aliphatic rings. The molecule has 1 aliphatic heterocycles. The van der Waals surface area contributed by atoms with Gasteiger partial charge < -0.3 is 4.90 Å². The number of nitro benzene ring substituents is 1. The standard InChI is InChI=1S/C22H17ClN2O3/c1-14-2-11-19-20(12-14)21(16-5-7-17(23)8-6-16)24(22(19)26)13-15-3-9-18(10-4-15)25(27)28/h2-12,21H,13H2,1H3. The number of nitro groups is 1. The first-order chi connectivity index (χ1) is 13.4. The van der Waals surface area contributed by atoms with Crippen LogP contribution in [0.5, 0.6) is 0 Å². The lowest BCUT2D eigenvalue weighted by molar-refractivity contribution is -0.384. The molecule has 0 fully saturated rings. The average Bonchev–Trinajstić information content (AvgIpc) is 2.94. The Kier molecular flexibility index (Phi) is 4.61. The monoisotopic (exact) mass is 392 g/mol. The summed E-state index contributed by atoms with van der Waals surface area (Å²) in [5, 5.41) is 11.5. The van der Waals surface area contributed by atoms with Crippen LogP contribution in [0, 0.1) is 17.0 Å². The molecule has 3 aromatic rings. The molecule has 5 nitrogen and oxygen atoms in total. The van der Waals surface area contributed by atoms with Crippen molar-refractivity contribution in [3.05, 3.63) is 110 Å². The number of amides is 1. The molecule has 140 valence electrons. The summed E-state index contributed by atoms with van der Waals surface area (Å²) in [6.07, 6.45) is 0. The number of non-ortho nitro benzene ring substituents is 1. The van der Waals surface area contributed by atoms with E-state index in [-0.39, 0.29) is 17.6 Å². The molecule has 0 bridgehead atoms. The fourth-order valence-electron chi connectivity index (χ4n) is 3.63. The highest BCUT2D eigenvalue weighted by molar-refractivity contribution is 6.30. The van der Waals surface area contributed by atoms with E-state index in [1.54, 1.807) is 17.0 Å². The number of hydrogen-bond acceptors (Lipinski definition) is 3. The number of carbonyl (C=O) groups excluding carboxylic acids is 1. The second-order valence-corrected chi connectivity index (χ2v) is 7.34. The van der Waals surface area contributed by atoms with Gasteiger partial charge in [0.2, 0.25) is 0 Å². The van der Waals surface area contributed by atoms with Crippen LogP contribution in [0.15, 0.2) is 66.7 Å². The Morgan fingerprint density at radius 3 is 2.36 bits per heavy atom. The summed E-state index contributed by atoms with van der Waals surface area (Å²) in [5.74, 6) is -0.0479. The first-order valence-corrected chi connectivity index (χ1v) is 9.22. The lowest BCUT2D eigenvalue weighted by atomic mass is 9.96. The second kappa shape index (κ2) is 7.09.